The molecule has 1 heterocycles. The van der Waals surface area contributed by atoms with Gasteiger partial charge in [-0.3, -0.25) is 0 Å². The van der Waals surface area contributed by atoms with Crippen molar-refractivity contribution < 1.29 is 9.84 Å². The molecule has 0 aromatic heterocycles. The van der Waals surface area contributed by atoms with Crippen LogP contribution in [0.4, 0.5) is 0 Å². The van der Waals surface area contributed by atoms with Crippen LogP contribution >= 0.6 is 0 Å². The smallest absolute Gasteiger partial charge is 0.0613 e. The molecule has 1 fully saturated rings. The Morgan fingerprint density at radius 3 is 2.85 bits per heavy atom. The summed E-state index contributed by atoms with van der Waals surface area (Å²) in [7, 11) is 0. The number of hydrogen-bond donors (Lipinski definition) is 1. The zero-order valence-corrected chi connectivity index (χ0v) is 8.41. The van der Waals surface area contributed by atoms with E-state index >= 15 is 0 Å². The summed E-state index contributed by atoms with van der Waals surface area (Å²) in [6.45, 7) is 5.53. The third kappa shape index (κ3) is 3.92. The van der Waals surface area contributed by atoms with Gasteiger partial charge in [0.15, 0.2) is 0 Å². The molecule has 0 unspecified atom stereocenters. The molecule has 1 aliphatic rings. The van der Waals surface area contributed by atoms with Gasteiger partial charge in [-0.2, -0.15) is 0 Å². The average Bonchev–Trinajstić information content (AvgIpc) is 2.04. The second kappa shape index (κ2) is 5.40. The first-order valence-corrected chi connectivity index (χ1v) is 5.16. The van der Waals surface area contributed by atoms with Crippen LogP contribution in [0.1, 0.15) is 39.0 Å². The van der Waals surface area contributed by atoms with E-state index < -0.39 is 0 Å². The van der Waals surface area contributed by atoms with Gasteiger partial charge in [0, 0.05) is 0 Å². The molecule has 76 valence electrons. The maximum Gasteiger partial charge on any atom is 0.0613 e. The van der Waals surface area contributed by atoms with Crippen LogP contribution in [-0.2, 0) is 4.74 Å². The van der Waals surface area contributed by atoms with Crippen molar-refractivity contribution >= 4 is 0 Å². The molecule has 2 heteroatoms. The minimum absolute atomic E-state index is 0.243. The molecule has 2 nitrogen and oxygen atoms in total. The second-order valence-electron chi connectivity index (χ2n) is 3.92. The summed E-state index contributed by atoms with van der Waals surface area (Å²) in [5.74, 6) is 0. The minimum atomic E-state index is -0.243. The third-order valence-electron chi connectivity index (χ3n) is 2.47. The van der Waals surface area contributed by atoms with Crippen molar-refractivity contribution in [1.82, 2.24) is 0 Å². The predicted molar refractivity (Wildman–Crippen MR) is 53.6 cm³/mol. The van der Waals surface area contributed by atoms with E-state index in [9.17, 15) is 5.11 Å². The minimum Gasteiger partial charge on any atom is -0.393 e. The number of hydrogen-bond acceptors (Lipinski definition) is 2. The highest BCUT2D eigenvalue weighted by molar-refractivity contribution is 4.78. The molecule has 1 aliphatic heterocycles. The predicted octanol–water partition coefficient (Wildman–Crippen LogP) is 2.27. The first kappa shape index (κ1) is 10.7. The fourth-order valence-corrected chi connectivity index (χ4v) is 1.89. The van der Waals surface area contributed by atoms with Gasteiger partial charge in [-0.1, -0.05) is 6.08 Å². The van der Waals surface area contributed by atoms with Crippen molar-refractivity contribution in [2.75, 3.05) is 0 Å². The van der Waals surface area contributed by atoms with Gasteiger partial charge in [0.25, 0.3) is 0 Å². The quantitative estimate of drug-likeness (QED) is 0.679. The van der Waals surface area contributed by atoms with E-state index in [2.05, 4.69) is 6.58 Å². The van der Waals surface area contributed by atoms with Gasteiger partial charge >= 0.3 is 0 Å². The summed E-state index contributed by atoms with van der Waals surface area (Å²) in [5.41, 5.74) is 0. The normalized spacial score (nSPS) is 31.2. The zero-order chi connectivity index (χ0) is 9.68. The van der Waals surface area contributed by atoms with E-state index in [1.165, 1.54) is 6.42 Å². The standard InChI is InChI=1S/C11H20O2/c1-3-5-10-6-4-7-11(13-10)8-9(2)12/h3,9-12H,1,4-8H2,2H3/t9-,10+,11+/m1/s1. The number of rotatable bonds is 4. The van der Waals surface area contributed by atoms with E-state index in [4.69, 9.17) is 4.74 Å². The molecule has 0 aromatic carbocycles. The largest absolute Gasteiger partial charge is 0.393 e. The molecule has 0 spiro atoms. The molecular weight excluding hydrogens is 164 g/mol. The van der Waals surface area contributed by atoms with E-state index in [-0.39, 0.29) is 12.2 Å². The van der Waals surface area contributed by atoms with Gasteiger partial charge in [0.2, 0.25) is 0 Å². The molecule has 0 aliphatic carbocycles. The van der Waals surface area contributed by atoms with E-state index in [0.29, 0.717) is 6.10 Å². The molecule has 13 heavy (non-hydrogen) atoms. The van der Waals surface area contributed by atoms with Crippen LogP contribution in [0.2, 0.25) is 0 Å². The molecule has 3 atom stereocenters. The van der Waals surface area contributed by atoms with Crippen LogP contribution in [0.15, 0.2) is 12.7 Å². The van der Waals surface area contributed by atoms with E-state index in [0.717, 1.165) is 25.7 Å². The van der Waals surface area contributed by atoms with Crippen molar-refractivity contribution in [3.05, 3.63) is 12.7 Å². The second-order valence-corrected chi connectivity index (χ2v) is 3.92. The number of ether oxygens (including phenoxy) is 1. The third-order valence-corrected chi connectivity index (χ3v) is 2.47. The molecule has 0 bridgehead atoms. The Kier molecular flexibility index (Phi) is 4.46. The maximum atomic E-state index is 9.22. The monoisotopic (exact) mass is 184 g/mol. The Morgan fingerprint density at radius 2 is 2.23 bits per heavy atom. The summed E-state index contributed by atoms with van der Waals surface area (Å²) < 4.78 is 5.81. The molecule has 0 saturated carbocycles. The van der Waals surface area contributed by atoms with Crippen LogP contribution in [0.5, 0.6) is 0 Å². The first-order chi connectivity index (χ1) is 6.22. The topological polar surface area (TPSA) is 29.5 Å². The molecule has 1 N–H and O–H groups in total. The Labute approximate surface area is 80.6 Å². The van der Waals surface area contributed by atoms with Crippen molar-refractivity contribution in [3.63, 3.8) is 0 Å². The molecule has 1 saturated heterocycles. The highest BCUT2D eigenvalue weighted by Gasteiger charge is 2.22. The van der Waals surface area contributed by atoms with Gasteiger partial charge in [-0.25, -0.2) is 0 Å². The SMILES string of the molecule is C=CC[C@H]1CCC[C@@H](C[C@@H](C)O)O1. The molecule has 0 radical (unpaired) electrons. The fourth-order valence-electron chi connectivity index (χ4n) is 1.89. The Balaban J connectivity index is 2.28. The Morgan fingerprint density at radius 1 is 1.54 bits per heavy atom. The summed E-state index contributed by atoms with van der Waals surface area (Å²) in [4.78, 5) is 0. The lowest BCUT2D eigenvalue weighted by Crippen LogP contribution is -2.29. The van der Waals surface area contributed by atoms with Crippen LogP contribution < -0.4 is 0 Å². The molecule has 1 rings (SSSR count). The lowest BCUT2D eigenvalue weighted by molar-refractivity contribution is -0.0646. The summed E-state index contributed by atoms with van der Waals surface area (Å²) in [6, 6.07) is 0. The fraction of sp³-hybridized carbons (Fsp3) is 0.818. The molecule has 0 amide bonds. The summed E-state index contributed by atoms with van der Waals surface area (Å²) >= 11 is 0. The van der Waals surface area contributed by atoms with Gasteiger partial charge in [0.1, 0.15) is 0 Å². The Hall–Kier alpha value is -0.340. The highest BCUT2D eigenvalue weighted by atomic mass is 16.5. The van der Waals surface area contributed by atoms with Crippen molar-refractivity contribution in [3.8, 4) is 0 Å². The lowest BCUT2D eigenvalue weighted by atomic mass is 9.99. The van der Waals surface area contributed by atoms with E-state index in [1.54, 1.807) is 0 Å². The molecular formula is C11H20O2. The molecule has 0 aromatic rings. The van der Waals surface area contributed by atoms with Gasteiger partial charge < -0.3 is 9.84 Å². The number of aliphatic hydroxyl groups is 1. The van der Waals surface area contributed by atoms with Crippen LogP contribution in [0, 0.1) is 0 Å². The summed E-state index contributed by atoms with van der Waals surface area (Å²) in [5, 5.41) is 9.22. The van der Waals surface area contributed by atoms with Crippen LogP contribution in [-0.4, -0.2) is 23.4 Å². The Bertz CT molecular complexity index is 154. The van der Waals surface area contributed by atoms with Gasteiger partial charge in [-0.05, 0) is 39.0 Å². The highest BCUT2D eigenvalue weighted by Crippen LogP contribution is 2.24. The zero-order valence-electron chi connectivity index (χ0n) is 8.41. The van der Waals surface area contributed by atoms with Crippen molar-refractivity contribution in [2.24, 2.45) is 0 Å². The van der Waals surface area contributed by atoms with Gasteiger partial charge in [0.05, 0.1) is 18.3 Å². The number of aliphatic hydroxyl groups excluding tert-OH is 1. The maximum absolute atomic E-state index is 9.22. The van der Waals surface area contributed by atoms with Crippen molar-refractivity contribution in [1.29, 1.82) is 0 Å². The van der Waals surface area contributed by atoms with Gasteiger partial charge in [-0.15, -0.1) is 6.58 Å². The average molecular weight is 184 g/mol. The summed E-state index contributed by atoms with van der Waals surface area (Å²) in [6.07, 6.45) is 7.44. The van der Waals surface area contributed by atoms with Crippen LogP contribution in [0.3, 0.4) is 0 Å². The first-order valence-electron chi connectivity index (χ1n) is 5.16. The van der Waals surface area contributed by atoms with Crippen LogP contribution in [0.25, 0.3) is 0 Å². The lowest BCUT2D eigenvalue weighted by Gasteiger charge is -2.30. The van der Waals surface area contributed by atoms with Crippen molar-refractivity contribution in [2.45, 2.75) is 57.3 Å². The van der Waals surface area contributed by atoms with E-state index in [1.807, 2.05) is 13.0 Å².